The van der Waals surface area contributed by atoms with Gasteiger partial charge in [-0.05, 0) is 12.5 Å². The van der Waals surface area contributed by atoms with Crippen molar-refractivity contribution in [2.75, 3.05) is 36.6 Å². The van der Waals surface area contributed by atoms with E-state index in [2.05, 4.69) is 16.8 Å². The molecular weight excluding hydrogens is 262 g/mol. The molecule has 0 bridgehead atoms. The van der Waals surface area contributed by atoms with Gasteiger partial charge < -0.3 is 15.4 Å². The largest absolute Gasteiger partial charge is 0.465 e. The Balaban J connectivity index is 2.27. The first kappa shape index (κ1) is 14.0. The SMILES string of the molecule is CCC1CN(c2nccc(C(=O)OC)c2N)CCS1. The monoisotopic (exact) mass is 281 g/mol. The number of nitrogens with two attached hydrogens (primary N) is 1. The highest BCUT2D eigenvalue weighted by Crippen LogP contribution is 2.29. The zero-order valence-electron chi connectivity index (χ0n) is 11.3. The fourth-order valence-corrected chi connectivity index (χ4v) is 3.34. The highest BCUT2D eigenvalue weighted by Gasteiger charge is 2.23. The summed E-state index contributed by atoms with van der Waals surface area (Å²) in [7, 11) is 1.35. The maximum Gasteiger partial charge on any atom is 0.340 e. The number of nitrogens with zero attached hydrogens (tertiary/aromatic N) is 2. The van der Waals surface area contributed by atoms with Crippen LogP contribution >= 0.6 is 11.8 Å². The number of rotatable bonds is 3. The quantitative estimate of drug-likeness (QED) is 0.852. The third-order valence-electron chi connectivity index (χ3n) is 3.27. The van der Waals surface area contributed by atoms with E-state index in [1.165, 1.54) is 7.11 Å². The number of ether oxygens (including phenoxy) is 1. The average Bonchev–Trinajstić information content (AvgIpc) is 2.46. The molecule has 1 fully saturated rings. The summed E-state index contributed by atoms with van der Waals surface area (Å²) >= 11 is 1.98. The highest BCUT2D eigenvalue weighted by atomic mass is 32.2. The molecule has 104 valence electrons. The van der Waals surface area contributed by atoms with Crippen molar-refractivity contribution in [3.8, 4) is 0 Å². The van der Waals surface area contributed by atoms with Crippen molar-refractivity contribution >= 4 is 29.2 Å². The molecule has 1 aliphatic heterocycles. The Morgan fingerprint density at radius 3 is 3.16 bits per heavy atom. The second-order valence-electron chi connectivity index (χ2n) is 4.43. The van der Waals surface area contributed by atoms with Crippen LogP contribution in [0.3, 0.4) is 0 Å². The Kier molecular flexibility index (Phi) is 4.52. The van der Waals surface area contributed by atoms with Gasteiger partial charge in [0.2, 0.25) is 0 Å². The minimum Gasteiger partial charge on any atom is -0.465 e. The van der Waals surface area contributed by atoms with Crippen molar-refractivity contribution in [2.24, 2.45) is 0 Å². The molecule has 0 amide bonds. The Hall–Kier alpha value is -1.43. The summed E-state index contributed by atoms with van der Waals surface area (Å²) in [5.74, 6) is 1.34. The number of nitrogen functional groups attached to an aromatic ring is 1. The normalized spacial score (nSPS) is 19.3. The van der Waals surface area contributed by atoms with E-state index in [4.69, 9.17) is 10.5 Å². The van der Waals surface area contributed by atoms with Gasteiger partial charge >= 0.3 is 5.97 Å². The van der Waals surface area contributed by atoms with Crippen LogP contribution in [0, 0.1) is 0 Å². The lowest BCUT2D eigenvalue weighted by Gasteiger charge is -2.33. The highest BCUT2D eigenvalue weighted by molar-refractivity contribution is 8.00. The molecule has 2 rings (SSSR count). The summed E-state index contributed by atoms with van der Waals surface area (Å²) in [5.41, 5.74) is 6.87. The van der Waals surface area contributed by atoms with Crippen LogP contribution in [0.5, 0.6) is 0 Å². The fraction of sp³-hybridized carbons (Fsp3) is 0.538. The molecule has 1 aliphatic rings. The molecule has 0 spiro atoms. The Morgan fingerprint density at radius 1 is 1.68 bits per heavy atom. The van der Waals surface area contributed by atoms with Crippen molar-refractivity contribution in [3.63, 3.8) is 0 Å². The van der Waals surface area contributed by atoms with E-state index in [-0.39, 0.29) is 0 Å². The molecule has 1 aromatic rings. The molecule has 2 N–H and O–H groups in total. The number of carbonyl (C=O) groups is 1. The van der Waals surface area contributed by atoms with Crippen molar-refractivity contribution in [1.82, 2.24) is 4.98 Å². The maximum atomic E-state index is 11.6. The summed E-state index contributed by atoms with van der Waals surface area (Å²) in [4.78, 5) is 18.1. The van der Waals surface area contributed by atoms with Crippen LogP contribution in [-0.4, -0.2) is 42.2 Å². The number of thioether (sulfide) groups is 1. The average molecular weight is 281 g/mol. The van der Waals surface area contributed by atoms with Crippen LogP contribution in [-0.2, 0) is 4.74 Å². The van der Waals surface area contributed by atoms with E-state index in [9.17, 15) is 4.79 Å². The van der Waals surface area contributed by atoms with E-state index in [1.54, 1.807) is 12.3 Å². The minimum atomic E-state index is -0.417. The predicted octanol–water partition coefficient (Wildman–Crippen LogP) is 1.78. The maximum absolute atomic E-state index is 11.6. The molecule has 19 heavy (non-hydrogen) atoms. The fourth-order valence-electron chi connectivity index (χ4n) is 2.16. The molecule has 6 heteroatoms. The van der Waals surface area contributed by atoms with E-state index in [0.29, 0.717) is 22.3 Å². The second kappa shape index (κ2) is 6.14. The number of methoxy groups -OCH3 is 1. The first-order chi connectivity index (χ1) is 9.17. The van der Waals surface area contributed by atoms with Crippen molar-refractivity contribution < 1.29 is 9.53 Å². The summed E-state index contributed by atoms with van der Waals surface area (Å²) in [6.45, 7) is 4.01. The van der Waals surface area contributed by atoms with Gasteiger partial charge in [0.1, 0.15) is 0 Å². The van der Waals surface area contributed by atoms with Gasteiger partial charge in [-0.15, -0.1) is 0 Å². The van der Waals surface area contributed by atoms with E-state index < -0.39 is 5.97 Å². The Labute approximate surface area is 117 Å². The van der Waals surface area contributed by atoms with Crippen LogP contribution in [0.4, 0.5) is 11.5 Å². The molecule has 1 atom stereocenters. The third-order valence-corrected chi connectivity index (χ3v) is 4.64. The molecule has 0 radical (unpaired) electrons. The van der Waals surface area contributed by atoms with Gasteiger partial charge in [0.15, 0.2) is 5.82 Å². The lowest BCUT2D eigenvalue weighted by molar-refractivity contribution is 0.0602. The second-order valence-corrected chi connectivity index (χ2v) is 5.84. The lowest BCUT2D eigenvalue weighted by atomic mass is 10.2. The molecule has 0 aliphatic carbocycles. The number of esters is 1. The molecule has 1 aromatic heterocycles. The molecule has 2 heterocycles. The topological polar surface area (TPSA) is 68.5 Å². The zero-order valence-corrected chi connectivity index (χ0v) is 12.1. The standard InChI is InChI=1S/C13H19N3O2S/c1-3-9-8-16(6-7-19-9)12-11(14)10(4-5-15-12)13(17)18-2/h4-5,9H,3,6-8,14H2,1-2H3. The smallest absolute Gasteiger partial charge is 0.340 e. The molecule has 0 saturated carbocycles. The summed E-state index contributed by atoms with van der Waals surface area (Å²) < 4.78 is 4.73. The van der Waals surface area contributed by atoms with Crippen molar-refractivity contribution in [1.29, 1.82) is 0 Å². The summed E-state index contributed by atoms with van der Waals surface area (Å²) in [6.07, 6.45) is 2.73. The van der Waals surface area contributed by atoms with E-state index in [0.717, 1.165) is 25.3 Å². The van der Waals surface area contributed by atoms with Crippen LogP contribution in [0.1, 0.15) is 23.7 Å². The zero-order chi connectivity index (χ0) is 13.8. The van der Waals surface area contributed by atoms with Gasteiger partial charge in [-0.3, -0.25) is 0 Å². The minimum absolute atomic E-state index is 0.388. The number of hydrogen-bond donors (Lipinski definition) is 1. The van der Waals surface area contributed by atoms with E-state index >= 15 is 0 Å². The predicted molar refractivity (Wildman–Crippen MR) is 78.7 cm³/mol. The molecule has 1 unspecified atom stereocenters. The van der Waals surface area contributed by atoms with Gasteiger partial charge in [-0.25, -0.2) is 9.78 Å². The molecule has 0 aromatic carbocycles. The Morgan fingerprint density at radius 2 is 2.47 bits per heavy atom. The van der Waals surface area contributed by atoms with Crippen molar-refractivity contribution in [3.05, 3.63) is 17.8 Å². The number of carbonyl (C=O) groups excluding carboxylic acids is 1. The van der Waals surface area contributed by atoms with Crippen LogP contribution < -0.4 is 10.6 Å². The van der Waals surface area contributed by atoms with Gasteiger partial charge in [0, 0.05) is 30.3 Å². The number of anilines is 2. The van der Waals surface area contributed by atoms with Gasteiger partial charge in [-0.1, -0.05) is 6.92 Å². The first-order valence-corrected chi connectivity index (χ1v) is 7.41. The van der Waals surface area contributed by atoms with Gasteiger partial charge in [0.25, 0.3) is 0 Å². The van der Waals surface area contributed by atoms with Crippen LogP contribution in [0.2, 0.25) is 0 Å². The Bertz CT molecular complexity index is 467. The molecule has 1 saturated heterocycles. The summed E-state index contributed by atoms with van der Waals surface area (Å²) in [5, 5.41) is 0.594. The van der Waals surface area contributed by atoms with Gasteiger partial charge in [0.05, 0.1) is 18.4 Å². The number of pyridine rings is 1. The first-order valence-electron chi connectivity index (χ1n) is 6.36. The molecular formula is C13H19N3O2S. The van der Waals surface area contributed by atoms with Crippen molar-refractivity contribution in [2.45, 2.75) is 18.6 Å². The van der Waals surface area contributed by atoms with Gasteiger partial charge in [-0.2, -0.15) is 11.8 Å². The van der Waals surface area contributed by atoms with E-state index in [1.807, 2.05) is 11.8 Å². The van der Waals surface area contributed by atoms with Crippen LogP contribution in [0.15, 0.2) is 12.3 Å². The summed E-state index contributed by atoms with van der Waals surface area (Å²) in [6, 6.07) is 1.60. The number of hydrogen-bond acceptors (Lipinski definition) is 6. The third kappa shape index (κ3) is 2.94. The number of aromatic nitrogens is 1. The molecule has 5 nitrogen and oxygen atoms in total. The van der Waals surface area contributed by atoms with Crippen LogP contribution in [0.25, 0.3) is 0 Å². The lowest BCUT2D eigenvalue weighted by Crippen LogP contribution is -2.38.